The van der Waals surface area contributed by atoms with E-state index in [1.54, 1.807) is 57.5 Å². The predicted molar refractivity (Wildman–Crippen MR) is 182 cm³/mol. The molecule has 5 aromatic carbocycles. The fraction of sp³-hybridized carbons (Fsp3) is 0.167. The van der Waals surface area contributed by atoms with Crippen LogP contribution >= 0.6 is 0 Å². The number of hydrogen-bond donors (Lipinski definition) is 1. The van der Waals surface area contributed by atoms with Crippen molar-refractivity contribution in [2.75, 3.05) is 21.3 Å². The molecule has 0 aliphatic rings. The first-order valence-corrected chi connectivity index (χ1v) is 17.3. The summed E-state index contributed by atoms with van der Waals surface area (Å²) in [6, 6.07) is 37.1. The van der Waals surface area contributed by atoms with E-state index in [-0.39, 0.29) is 49.1 Å². The van der Waals surface area contributed by atoms with Crippen LogP contribution in [0, 0.1) is 26.0 Å². The fourth-order valence-electron chi connectivity index (χ4n) is 3.82. The van der Waals surface area contributed by atoms with Gasteiger partial charge in [-0.1, -0.05) is 24.6 Å². The molecule has 13 heteroatoms. The van der Waals surface area contributed by atoms with E-state index in [1.807, 2.05) is 67.6 Å². The number of ether oxygens (including phenoxy) is 4. The molecule has 10 nitrogen and oxygen atoms in total. The van der Waals surface area contributed by atoms with Gasteiger partial charge in [-0.3, -0.25) is 8.74 Å². The zero-order valence-corrected chi connectivity index (χ0v) is 32.1. The van der Waals surface area contributed by atoms with Gasteiger partial charge in [0, 0.05) is 43.4 Å². The number of hydrogen-bond acceptors (Lipinski definition) is 9. The number of benzene rings is 5. The number of aryl methyl sites for hydroxylation is 2. The molecule has 0 atom stereocenters. The van der Waals surface area contributed by atoms with Crippen molar-refractivity contribution in [1.29, 1.82) is 0 Å². The molecule has 0 amide bonds. The van der Waals surface area contributed by atoms with E-state index in [0.717, 1.165) is 41.2 Å². The molecule has 0 saturated carbocycles. The van der Waals surface area contributed by atoms with Gasteiger partial charge in [0.15, 0.2) is 0 Å². The van der Waals surface area contributed by atoms with Gasteiger partial charge in [0.1, 0.15) is 28.7 Å². The molecule has 5 aromatic rings. The third-order valence-electron chi connectivity index (χ3n) is 6.41. The maximum absolute atomic E-state index is 11.7. The minimum atomic E-state index is -3.92. The summed E-state index contributed by atoms with van der Waals surface area (Å²) in [6.07, 6.45) is 0. The van der Waals surface area contributed by atoms with Gasteiger partial charge in [-0.05, 0) is 67.6 Å². The van der Waals surface area contributed by atoms with E-state index >= 15 is 0 Å². The summed E-state index contributed by atoms with van der Waals surface area (Å²) >= 11 is 0. The molecule has 49 heavy (non-hydrogen) atoms. The summed E-state index contributed by atoms with van der Waals surface area (Å²) in [5.41, 5.74) is 2.52. The van der Waals surface area contributed by atoms with Crippen molar-refractivity contribution in [3.8, 4) is 34.5 Å². The Morgan fingerprint density at radius 3 is 1.53 bits per heavy atom. The minimum Gasteiger partial charge on any atom is -0.497 e. The summed E-state index contributed by atoms with van der Waals surface area (Å²) < 4.78 is 78.9. The quantitative estimate of drug-likeness (QED) is 0.0858. The molecule has 0 aliphatic carbocycles. The van der Waals surface area contributed by atoms with Crippen LogP contribution in [0.2, 0.25) is 0 Å². The van der Waals surface area contributed by atoms with Gasteiger partial charge in [-0.2, -0.15) is 48.0 Å². The van der Waals surface area contributed by atoms with Gasteiger partial charge < -0.3 is 18.9 Å². The second-order valence-electron chi connectivity index (χ2n) is 9.94. The van der Waals surface area contributed by atoms with E-state index in [0.29, 0.717) is 11.3 Å². The molecule has 0 spiro atoms. The van der Waals surface area contributed by atoms with Crippen molar-refractivity contribution >= 4 is 20.2 Å². The number of methoxy groups -OCH3 is 2. The summed E-state index contributed by atoms with van der Waals surface area (Å²) in [7, 11) is -3.35. The van der Waals surface area contributed by atoms with Crippen molar-refractivity contribution in [3.05, 3.63) is 138 Å². The molecular weight excluding hydrogens is 745 g/mol. The molecule has 1 radical (unpaired) electrons. The first kappa shape index (κ1) is 41.4. The maximum atomic E-state index is 11.7. The van der Waals surface area contributed by atoms with Crippen LogP contribution in [-0.4, -0.2) is 42.7 Å². The molecule has 257 valence electrons. The van der Waals surface area contributed by atoms with Crippen molar-refractivity contribution in [3.63, 3.8) is 0 Å². The zero-order chi connectivity index (χ0) is 35.2. The maximum Gasteiger partial charge on any atom is 0.258 e. The first-order chi connectivity index (χ1) is 22.8. The Balaban J connectivity index is 0.000000259. The molecule has 0 aromatic heterocycles. The SMILES string of the molecule is COS(=O)(=O)c1c[c-]ccc1Oc1ccc(C)cc1.COc1ccc(Oc2ccc(OC)cc2)cc1.Cc1cc[c-]cc1CS(=O)(=O)O.[Y]. The van der Waals surface area contributed by atoms with Crippen LogP contribution in [0.25, 0.3) is 0 Å². The van der Waals surface area contributed by atoms with Gasteiger partial charge in [0.05, 0.1) is 27.1 Å². The molecule has 0 aliphatic heterocycles. The van der Waals surface area contributed by atoms with E-state index in [1.165, 1.54) is 12.1 Å². The van der Waals surface area contributed by atoms with E-state index in [2.05, 4.69) is 16.3 Å². The monoisotopic (exact) mass is 781 g/mol. The van der Waals surface area contributed by atoms with Gasteiger partial charge in [0.2, 0.25) is 0 Å². The van der Waals surface area contributed by atoms with Gasteiger partial charge in [-0.15, -0.1) is 11.6 Å². The van der Waals surface area contributed by atoms with Crippen molar-refractivity contribution in [2.24, 2.45) is 0 Å². The minimum absolute atomic E-state index is 0. The topological polar surface area (TPSA) is 135 Å². The van der Waals surface area contributed by atoms with E-state index in [9.17, 15) is 16.8 Å². The van der Waals surface area contributed by atoms with Crippen LogP contribution in [0.4, 0.5) is 0 Å². The molecule has 1 N–H and O–H groups in total. The summed E-state index contributed by atoms with van der Waals surface area (Å²) in [6.45, 7) is 3.75. The van der Waals surface area contributed by atoms with Crippen molar-refractivity contribution in [1.82, 2.24) is 0 Å². The summed E-state index contributed by atoms with van der Waals surface area (Å²) in [4.78, 5) is -0.0434. The Morgan fingerprint density at radius 2 is 1.06 bits per heavy atom. The average molecular weight is 782 g/mol. The predicted octanol–water partition coefficient (Wildman–Crippen LogP) is 7.60. The molecule has 0 unspecified atom stereocenters. The van der Waals surface area contributed by atoms with Gasteiger partial charge in [0.25, 0.3) is 20.2 Å². The second-order valence-corrected chi connectivity index (χ2v) is 13.1. The van der Waals surface area contributed by atoms with Crippen LogP contribution in [-0.2, 0) is 62.9 Å². The third-order valence-corrected chi connectivity index (χ3v) is 8.38. The molecule has 0 fully saturated rings. The molecule has 5 rings (SSSR count). The Morgan fingerprint density at radius 1 is 0.612 bits per heavy atom. The normalized spacial score (nSPS) is 10.6. The van der Waals surface area contributed by atoms with Crippen LogP contribution in [0.15, 0.2) is 114 Å². The Bertz CT molecular complexity index is 1900. The standard InChI is InChI=1S/C14H13O4S.C14H14O3.C8H9O3S.Y/c1-11-7-9-12(10-8-11)18-13-5-3-4-6-14(13)19(15,16)17-2;1-15-11-3-7-13(8-4-11)17-14-9-5-12(16-2)6-10-14;1-7-4-2-3-5-8(7)6-12(9,10)11;/h3,5-10H,1-2H3;3-10H,1-2H3;2,4-5H,6H2,1H3,(H,9,10,11);/q-1;;-1;. The molecule has 0 heterocycles. The molecular formula is C36H36O10S2Y-2. The van der Waals surface area contributed by atoms with Crippen LogP contribution in [0.3, 0.4) is 0 Å². The first-order valence-electron chi connectivity index (χ1n) is 14.3. The molecule has 0 saturated heterocycles. The van der Waals surface area contributed by atoms with Crippen LogP contribution in [0.5, 0.6) is 34.5 Å². The number of rotatable bonds is 10. The largest absolute Gasteiger partial charge is 0.497 e. The summed E-state index contributed by atoms with van der Waals surface area (Å²) in [5, 5.41) is 0. The van der Waals surface area contributed by atoms with Crippen LogP contribution < -0.4 is 18.9 Å². The zero-order valence-electron chi connectivity index (χ0n) is 27.6. The smallest absolute Gasteiger partial charge is 0.258 e. The molecule has 0 bridgehead atoms. The Hall–Kier alpha value is -3.78. The van der Waals surface area contributed by atoms with Crippen molar-refractivity contribution < 1.29 is 77.2 Å². The third kappa shape index (κ3) is 14.3. The Labute approximate surface area is 313 Å². The Kier molecular flexibility index (Phi) is 16.9. The van der Waals surface area contributed by atoms with Gasteiger partial charge in [-0.25, -0.2) is 16.8 Å². The average Bonchev–Trinajstić information content (AvgIpc) is 3.08. The summed E-state index contributed by atoms with van der Waals surface area (Å²) in [5.74, 6) is 3.61. The van der Waals surface area contributed by atoms with Gasteiger partial charge >= 0.3 is 0 Å². The van der Waals surface area contributed by atoms with Crippen LogP contribution in [0.1, 0.15) is 16.7 Å². The van der Waals surface area contributed by atoms with E-state index < -0.39 is 20.2 Å². The van der Waals surface area contributed by atoms with E-state index in [4.69, 9.17) is 23.5 Å². The fourth-order valence-corrected chi connectivity index (χ4v) is 5.27. The second kappa shape index (κ2) is 20.0. The van der Waals surface area contributed by atoms with Crippen molar-refractivity contribution in [2.45, 2.75) is 24.5 Å².